The molecule has 7 heteroatoms. The van der Waals surface area contributed by atoms with Crippen molar-refractivity contribution in [3.63, 3.8) is 0 Å². The van der Waals surface area contributed by atoms with Crippen LogP contribution >= 0.6 is 11.3 Å². The maximum Gasteiger partial charge on any atom is 0.315 e. The minimum absolute atomic E-state index is 0.139. The number of thiazole rings is 1. The molecule has 1 aromatic heterocycles. The quantitative estimate of drug-likeness (QED) is 0.511. The third-order valence-corrected chi connectivity index (χ3v) is 6.66. The highest BCUT2D eigenvalue weighted by Gasteiger charge is 2.25. The number of piperazine rings is 1. The van der Waals surface area contributed by atoms with Gasteiger partial charge in [0.2, 0.25) is 0 Å². The van der Waals surface area contributed by atoms with Crippen LogP contribution in [0.5, 0.6) is 0 Å². The lowest BCUT2D eigenvalue weighted by Gasteiger charge is -2.40. The summed E-state index contributed by atoms with van der Waals surface area (Å²) in [5.41, 5.74) is 3.41. The van der Waals surface area contributed by atoms with Gasteiger partial charge in [0.25, 0.3) is 0 Å². The average Bonchev–Trinajstić information content (AvgIpc) is 3.31. The van der Waals surface area contributed by atoms with Crippen LogP contribution < -0.4 is 10.6 Å². The topological polar surface area (TPSA) is 60.5 Å². The van der Waals surface area contributed by atoms with Crippen LogP contribution in [0.25, 0.3) is 11.3 Å². The minimum Gasteiger partial charge on any atom is -0.338 e. The number of carbonyl (C=O) groups is 1. The van der Waals surface area contributed by atoms with E-state index in [2.05, 4.69) is 62.8 Å². The lowest BCUT2D eigenvalue weighted by atomic mass is 10.0. The minimum atomic E-state index is -0.139. The molecule has 1 unspecified atom stereocenters. The summed E-state index contributed by atoms with van der Waals surface area (Å²) in [5.74, 6) is 0. The number of aromatic nitrogens is 1. The second-order valence-corrected chi connectivity index (χ2v) is 9.12. The Labute approximate surface area is 194 Å². The van der Waals surface area contributed by atoms with Crippen molar-refractivity contribution in [3.8, 4) is 11.3 Å². The molecule has 1 aliphatic heterocycles. The van der Waals surface area contributed by atoms with Gasteiger partial charge in [-0.05, 0) is 19.0 Å². The van der Waals surface area contributed by atoms with Crippen LogP contribution in [-0.2, 0) is 6.54 Å². The molecule has 2 aromatic carbocycles. The van der Waals surface area contributed by atoms with Gasteiger partial charge in [0.05, 0.1) is 12.2 Å². The smallest absolute Gasteiger partial charge is 0.315 e. The van der Waals surface area contributed by atoms with Gasteiger partial charge in [-0.3, -0.25) is 4.90 Å². The van der Waals surface area contributed by atoms with E-state index >= 15 is 0 Å². The zero-order valence-electron chi connectivity index (χ0n) is 18.5. The molecule has 2 heterocycles. The van der Waals surface area contributed by atoms with Crippen molar-refractivity contribution >= 4 is 17.4 Å². The van der Waals surface area contributed by atoms with Crippen LogP contribution in [-0.4, -0.2) is 60.6 Å². The molecule has 0 bridgehead atoms. The first-order valence-electron chi connectivity index (χ1n) is 11.2. The predicted molar refractivity (Wildman–Crippen MR) is 131 cm³/mol. The number of hydrogen-bond donors (Lipinski definition) is 2. The van der Waals surface area contributed by atoms with E-state index in [1.54, 1.807) is 11.3 Å². The van der Waals surface area contributed by atoms with Crippen LogP contribution in [0.2, 0.25) is 0 Å². The maximum absolute atomic E-state index is 12.2. The molecule has 2 amide bonds. The van der Waals surface area contributed by atoms with Gasteiger partial charge in [0.1, 0.15) is 5.01 Å². The molecule has 0 spiro atoms. The Morgan fingerprint density at radius 3 is 2.59 bits per heavy atom. The van der Waals surface area contributed by atoms with Crippen molar-refractivity contribution in [2.75, 3.05) is 39.8 Å². The molecule has 2 N–H and O–H groups in total. The lowest BCUT2D eigenvalue weighted by Crippen LogP contribution is -2.47. The van der Waals surface area contributed by atoms with Crippen molar-refractivity contribution in [1.82, 2.24) is 25.4 Å². The van der Waals surface area contributed by atoms with Gasteiger partial charge >= 0.3 is 6.03 Å². The standard InChI is InChI=1S/C25H31N5OS/c1-29-15-16-30(23(18-29)21-11-6-3-7-12-21)14-8-13-26-25(31)27-17-24-28-22(19-32-24)20-9-4-2-5-10-20/h2-7,9-12,19,23H,8,13-18H2,1H3,(H2,26,27,31). The largest absolute Gasteiger partial charge is 0.338 e. The fourth-order valence-corrected chi connectivity index (χ4v) is 4.80. The predicted octanol–water partition coefficient (Wildman–Crippen LogP) is 3.99. The molecule has 32 heavy (non-hydrogen) atoms. The highest BCUT2D eigenvalue weighted by atomic mass is 32.1. The molecule has 0 radical (unpaired) electrons. The fraction of sp³-hybridized carbons (Fsp3) is 0.360. The van der Waals surface area contributed by atoms with Gasteiger partial charge in [-0.25, -0.2) is 9.78 Å². The molecule has 4 rings (SSSR count). The Morgan fingerprint density at radius 1 is 1.06 bits per heavy atom. The number of urea groups is 1. The van der Waals surface area contributed by atoms with Crippen LogP contribution in [0, 0.1) is 0 Å². The van der Waals surface area contributed by atoms with E-state index < -0.39 is 0 Å². The molecule has 1 aliphatic rings. The molecule has 1 fully saturated rings. The van der Waals surface area contributed by atoms with Crippen LogP contribution in [0.3, 0.4) is 0 Å². The van der Waals surface area contributed by atoms with E-state index in [0.717, 1.165) is 48.9 Å². The summed E-state index contributed by atoms with van der Waals surface area (Å²) in [4.78, 5) is 21.8. The number of nitrogens with one attached hydrogen (secondary N) is 2. The number of likely N-dealkylation sites (N-methyl/N-ethyl adjacent to an activating group) is 1. The molecular formula is C25H31N5OS. The SMILES string of the molecule is CN1CCN(CCCNC(=O)NCc2nc(-c3ccccc3)cs2)C(c2ccccc2)C1. The molecule has 1 atom stereocenters. The Hall–Kier alpha value is -2.74. The van der Waals surface area contributed by atoms with E-state index in [9.17, 15) is 4.79 Å². The van der Waals surface area contributed by atoms with Gasteiger partial charge < -0.3 is 15.5 Å². The first-order chi connectivity index (χ1) is 15.7. The highest BCUT2D eigenvalue weighted by molar-refractivity contribution is 7.09. The van der Waals surface area contributed by atoms with E-state index in [1.165, 1.54) is 5.56 Å². The Bertz CT molecular complexity index is 978. The molecule has 6 nitrogen and oxygen atoms in total. The summed E-state index contributed by atoms with van der Waals surface area (Å²) >= 11 is 1.57. The van der Waals surface area contributed by atoms with Crippen LogP contribution in [0.15, 0.2) is 66.0 Å². The number of amides is 2. The zero-order chi connectivity index (χ0) is 22.2. The monoisotopic (exact) mass is 449 g/mol. The Morgan fingerprint density at radius 2 is 1.81 bits per heavy atom. The summed E-state index contributed by atoms with van der Waals surface area (Å²) in [7, 11) is 2.18. The fourth-order valence-electron chi connectivity index (χ4n) is 4.05. The third kappa shape index (κ3) is 6.16. The van der Waals surface area contributed by atoms with Crippen LogP contribution in [0.1, 0.15) is 23.0 Å². The van der Waals surface area contributed by atoms with Gasteiger partial charge in [-0.15, -0.1) is 11.3 Å². The second kappa shape index (κ2) is 11.2. The number of hydrogen-bond acceptors (Lipinski definition) is 5. The molecule has 0 aliphatic carbocycles. The maximum atomic E-state index is 12.2. The third-order valence-electron chi connectivity index (χ3n) is 5.81. The molecule has 168 valence electrons. The number of nitrogens with zero attached hydrogens (tertiary/aromatic N) is 3. The summed E-state index contributed by atoms with van der Waals surface area (Å²) < 4.78 is 0. The van der Waals surface area contributed by atoms with Crippen molar-refractivity contribution in [2.45, 2.75) is 19.0 Å². The summed E-state index contributed by atoms with van der Waals surface area (Å²) in [6.45, 7) is 5.24. The van der Waals surface area contributed by atoms with E-state index in [4.69, 9.17) is 0 Å². The number of benzene rings is 2. The first-order valence-corrected chi connectivity index (χ1v) is 12.1. The highest BCUT2D eigenvalue weighted by Crippen LogP contribution is 2.25. The van der Waals surface area contributed by atoms with Crippen LogP contribution in [0.4, 0.5) is 4.79 Å². The van der Waals surface area contributed by atoms with E-state index in [0.29, 0.717) is 19.1 Å². The molecular weight excluding hydrogens is 418 g/mol. The Kier molecular flexibility index (Phi) is 7.87. The van der Waals surface area contributed by atoms with E-state index in [-0.39, 0.29) is 6.03 Å². The molecule has 0 saturated carbocycles. The van der Waals surface area contributed by atoms with Crippen molar-refractivity contribution in [1.29, 1.82) is 0 Å². The van der Waals surface area contributed by atoms with Gasteiger partial charge in [0.15, 0.2) is 0 Å². The average molecular weight is 450 g/mol. The van der Waals surface area contributed by atoms with Crippen molar-refractivity contribution in [2.24, 2.45) is 0 Å². The first kappa shape index (κ1) is 22.5. The normalized spacial score (nSPS) is 17.2. The van der Waals surface area contributed by atoms with Gasteiger partial charge in [0, 0.05) is 49.7 Å². The number of carbonyl (C=O) groups excluding carboxylic acids is 1. The van der Waals surface area contributed by atoms with E-state index in [1.807, 2.05) is 35.7 Å². The second-order valence-electron chi connectivity index (χ2n) is 8.18. The summed E-state index contributed by atoms with van der Waals surface area (Å²) in [6, 6.07) is 21.1. The number of rotatable bonds is 8. The van der Waals surface area contributed by atoms with Gasteiger partial charge in [-0.2, -0.15) is 0 Å². The lowest BCUT2D eigenvalue weighted by molar-refractivity contribution is 0.0889. The molecule has 3 aromatic rings. The molecule has 1 saturated heterocycles. The Balaban J connectivity index is 1.18. The summed E-state index contributed by atoms with van der Waals surface area (Å²) in [6.07, 6.45) is 0.926. The van der Waals surface area contributed by atoms with Crippen molar-refractivity contribution in [3.05, 3.63) is 76.6 Å². The van der Waals surface area contributed by atoms with Gasteiger partial charge in [-0.1, -0.05) is 60.7 Å². The zero-order valence-corrected chi connectivity index (χ0v) is 19.4. The van der Waals surface area contributed by atoms with Crippen molar-refractivity contribution < 1.29 is 4.79 Å². The summed E-state index contributed by atoms with van der Waals surface area (Å²) in [5, 5.41) is 8.84.